The molecule has 0 heterocycles. The zero-order valence-electron chi connectivity index (χ0n) is 15.1. The van der Waals surface area contributed by atoms with Gasteiger partial charge in [-0.05, 0) is 56.7 Å². The van der Waals surface area contributed by atoms with E-state index in [2.05, 4.69) is 0 Å². The van der Waals surface area contributed by atoms with Crippen molar-refractivity contribution in [3.8, 4) is 11.5 Å². The van der Waals surface area contributed by atoms with Gasteiger partial charge in [0, 0.05) is 17.6 Å². The normalized spacial score (nSPS) is 11.7. The van der Waals surface area contributed by atoms with Gasteiger partial charge in [0.15, 0.2) is 11.5 Å². The Labute approximate surface area is 154 Å². The second kappa shape index (κ2) is 8.77. The van der Waals surface area contributed by atoms with Gasteiger partial charge in [-0.2, -0.15) is 0 Å². The van der Waals surface area contributed by atoms with E-state index in [0.717, 1.165) is 5.56 Å². The molecule has 1 atom stereocenters. The number of nitrogens with zero attached hydrogens (tertiary/aromatic N) is 1. The number of ether oxygens (including phenoxy) is 2. The Morgan fingerprint density at radius 1 is 1.08 bits per heavy atom. The number of hydrogen-bond acceptors (Lipinski definition) is 3. The van der Waals surface area contributed by atoms with Gasteiger partial charge in [-0.1, -0.05) is 23.7 Å². The zero-order valence-corrected chi connectivity index (χ0v) is 15.8. The quantitative estimate of drug-likeness (QED) is 0.698. The van der Waals surface area contributed by atoms with Gasteiger partial charge in [0.05, 0.1) is 19.3 Å². The fraction of sp³-hybridized carbons (Fsp3) is 0.350. The summed E-state index contributed by atoms with van der Waals surface area (Å²) >= 11 is 6.06. The highest BCUT2D eigenvalue weighted by atomic mass is 35.5. The van der Waals surface area contributed by atoms with Crippen LogP contribution in [0.3, 0.4) is 0 Å². The minimum atomic E-state index is -0.103. The molecule has 134 valence electrons. The van der Waals surface area contributed by atoms with Crippen LogP contribution in [-0.4, -0.2) is 31.1 Å². The molecule has 0 fully saturated rings. The van der Waals surface area contributed by atoms with Crippen LogP contribution in [0.4, 0.5) is 0 Å². The number of halogens is 1. The first-order valence-electron chi connectivity index (χ1n) is 8.40. The number of carbonyl (C=O) groups is 1. The van der Waals surface area contributed by atoms with Gasteiger partial charge in [-0.3, -0.25) is 4.79 Å². The second-order valence-corrected chi connectivity index (χ2v) is 6.11. The molecule has 0 aromatic heterocycles. The van der Waals surface area contributed by atoms with Crippen LogP contribution in [0.5, 0.6) is 11.5 Å². The molecular weight excluding hydrogens is 338 g/mol. The number of carbonyl (C=O) groups excluding carboxylic acids is 1. The highest BCUT2D eigenvalue weighted by Crippen LogP contribution is 2.30. The molecule has 0 aliphatic carbocycles. The summed E-state index contributed by atoms with van der Waals surface area (Å²) in [6.07, 6.45) is 0. The highest BCUT2D eigenvalue weighted by Gasteiger charge is 2.20. The third-order valence-electron chi connectivity index (χ3n) is 4.02. The number of hydrogen-bond donors (Lipinski definition) is 0. The molecule has 2 aromatic rings. The Morgan fingerprint density at radius 2 is 1.76 bits per heavy atom. The molecule has 1 unspecified atom stereocenters. The average molecular weight is 362 g/mol. The Hall–Kier alpha value is -2.20. The van der Waals surface area contributed by atoms with Gasteiger partial charge < -0.3 is 14.4 Å². The molecule has 25 heavy (non-hydrogen) atoms. The molecule has 0 N–H and O–H groups in total. The van der Waals surface area contributed by atoms with Crippen LogP contribution in [0.2, 0.25) is 5.02 Å². The number of benzene rings is 2. The summed E-state index contributed by atoms with van der Waals surface area (Å²) in [7, 11) is 1.78. The maximum atomic E-state index is 12.9. The predicted octanol–water partition coefficient (Wildman–Crippen LogP) is 4.97. The van der Waals surface area contributed by atoms with Crippen molar-refractivity contribution < 1.29 is 14.3 Å². The lowest BCUT2D eigenvalue weighted by Gasteiger charge is -2.26. The molecule has 0 spiro atoms. The Balaban J connectivity index is 2.25. The van der Waals surface area contributed by atoms with Crippen molar-refractivity contribution in [2.24, 2.45) is 0 Å². The van der Waals surface area contributed by atoms with Crippen LogP contribution in [0.1, 0.15) is 42.7 Å². The minimum Gasteiger partial charge on any atom is -0.490 e. The van der Waals surface area contributed by atoms with Crippen molar-refractivity contribution in [1.82, 2.24) is 4.90 Å². The van der Waals surface area contributed by atoms with E-state index in [1.807, 2.05) is 45.0 Å². The lowest BCUT2D eigenvalue weighted by molar-refractivity contribution is 0.0742. The third kappa shape index (κ3) is 4.67. The maximum absolute atomic E-state index is 12.9. The summed E-state index contributed by atoms with van der Waals surface area (Å²) in [6.45, 7) is 6.83. The molecule has 5 heteroatoms. The summed E-state index contributed by atoms with van der Waals surface area (Å²) in [5.41, 5.74) is 1.54. The summed E-state index contributed by atoms with van der Waals surface area (Å²) in [5, 5.41) is 0.657. The predicted molar refractivity (Wildman–Crippen MR) is 101 cm³/mol. The first-order valence-corrected chi connectivity index (χ1v) is 8.78. The zero-order chi connectivity index (χ0) is 18.4. The molecule has 0 saturated carbocycles. The van der Waals surface area contributed by atoms with Crippen LogP contribution in [-0.2, 0) is 0 Å². The SMILES string of the molecule is CCOc1ccc(C(=O)N(C)C(C)c2cccc(Cl)c2)cc1OCC. The van der Waals surface area contributed by atoms with Gasteiger partial charge in [0.2, 0.25) is 0 Å². The van der Waals surface area contributed by atoms with Gasteiger partial charge >= 0.3 is 0 Å². The minimum absolute atomic E-state index is 0.0866. The molecule has 2 rings (SSSR count). The standard InChI is InChI=1S/C20H24ClNO3/c1-5-24-18-11-10-16(13-19(18)25-6-2)20(23)22(4)14(3)15-8-7-9-17(21)12-15/h7-14H,5-6H2,1-4H3. The van der Waals surface area contributed by atoms with Gasteiger partial charge in [-0.15, -0.1) is 0 Å². The molecule has 0 saturated heterocycles. The fourth-order valence-corrected chi connectivity index (χ4v) is 2.75. The average Bonchev–Trinajstić information content (AvgIpc) is 2.61. The lowest BCUT2D eigenvalue weighted by Crippen LogP contribution is -2.29. The van der Waals surface area contributed by atoms with E-state index in [1.165, 1.54) is 0 Å². The molecule has 4 nitrogen and oxygen atoms in total. The summed E-state index contributed by atoms with van der Waals surface area (Å²) < 4.78 is 11.2. The highest BCUT2D eigenvalue weighted by molar-refractivity contribution is 6.30. The van der Waals surface area contributed by atoms with E-state index >= 15 is 0 Å². The van der Waals surface area contributed by atoms with E-state index in [4.69, 9.17) is 21.1 Å². The van der Waals surface area contributed by atoms with Crippen molar-refractivity contribution in [2.45, 2.75) is 26.8 Å². The second-order valence-electron chi connectivity index (χ2n) is 5.67. The van der Waals surface area contributed by atoms with Gasteiger partial charge in [0.25, 0.3) is 5.91 Å². The maximum Gasteiger partial charge on any atom is 0.254 e. The molecule has 0 aliphatic heterocycles. The third-order valence-corrected chi connectivity index (χ3v) is 4.26. The molecule has 2 aromatic carbocycles. The number of rotatable bonds is 7. The Kier molecular flexibility index (Phi) is 6.71. The molecule has 1 amide bonds. The first kappa shape index (κ1) is 19.1. The summed E-state index contributed by atoms with van der Waals surface area (Å²) in [6, 6.07) is 12.7. The molecule has 0 radical (unpaired) electrons. The molecule has 0 aliphatic rings. The Bertz CT molecular complexity index is 733. The van der Waals surface area contributed by atoms with Crippen molar-refractivity contribution in [3.63, 3.8) is 0 Å². The van der Waals surface area contributed by atoms with E-state index in [1.54, 1.807) is 30.1 Å². The smallest absolute Gasteiger partial charge is 0.254 e. The summed E-state index contributed by atoms with van der Waals surface area (Å²) in [5.74, 6) is 1.14. The molecule has 0 bridgehead atoms. The van der Waals surface area contributed by atoms with E-state index in [-0.39, 0.29) is 11.9 Å². The number of amides is 1. The Morgan fingerprint density at radius 3 is 2.40 bits per heavy atom. The van der Waals surface area contributed by atoms with Crippen LogP contribution in [0, 0.1) is 0 Å². The van der Waals surface area contributed by atoms with E-state index < -0.39 is 0 Å². The molecular formula is C20H24ClNO3. The van der Waals surface area contributed by atoms with Crippen LogP contribution in [0.15, 0.2) is 42.5 Å². The fourth-order valence-electron chi connectivity index (χ4n) is 2.55. The monoisotopic (exact) mass is 361 g/mol. The van der Waals surface area contributed by atoms with E-state index in [9.17, 15) is 4.79 Å². The first-order chi connectivity index (χ1) is 12.0. The van der Waals surface area contributed by atoms with Crippen molar-refractivity contribution in [1.29, 1.82) is 0 Å². The van der Waals surface area contributed by atoms with Crippen molar-refractivity contribution in [3.05, 3.63) is 58.6 Å². The van der Waals surface area contributed by atoms with Gasteiger partial charge in [0.1, 0.15) is 0 Å². The van der Waals surface area contributed by atoms with Crippen LogP contribution >= 0.6 is 11.6 Å². The largest absolute Gasteiger partial charge is 0.490 e. The topological polar surface area (TPSA) is 38.8 Å². The summed E-state index contributed by atoms with van der Waals surface area (Å²) in [4.78, 5) is 14.6. The lowest BCUT2D eigenvalue weighted by atomic mass is 10.1. The van der Waals surface area contributed by atoms with Crippen molar-refractivity contribution in [2.75, 3.05) is 20.3 Å². The van der Waals surface area contributed by atoms with E-state index in [0.29, 0.717) is 35.3 Å². The van der Waals surface area contributed by atoms with Gasteiger partial charge in [-0.25, -0.2) is 0 Å². The van der Waals surface area contributed by atoms with Crippen molar-refractivity contribution >= 4 is 17.5 Å². The van der Waals surface area contributed by atoms with Crippen LogP contribution in [0.25, 0.3) is 0 Å². The van der Waals surface area contributed by atoms with Crippen LogP contribution < -0.4 is 9.47 Å².